The molecular formula is C27H29N3O4. The monoisotopic (exact) mass is 459 g/mol. The number of aryl methyl sites for hydroxylation is 1. The Bertz CT molecular complexity index is 1230. The molecule has 4 rings (SSSR count). The number of fused-ring (bicyclic) bond motifs is 1. The van der Waals surface area contributed by atoms with Crippen molar-refractivity contribution in [2.45, 2.75) is 19.4 Å². The van der Waals surface area contributed by atoms with Crippen LogP contribution in [0.2, 0.25) is 0 Å². The molecule has 7 heteroatoms. The number of nitrogens with one attached hydrogen (secondary N) is 1. The summed E-state index contributed by atoms with van der Waals surface area (Å²) in [6.45, 7) is 1.71. The minimum Gasteiger partial charge on any atom is -0.497 e. The van der Waals surface area contributed by atoms with Crippen LogP contribution in [0, 0.1) is 0 Å². The molecule has 0 fully saturated rings. The Morgan fingerprint density at radius 2 is 1.65 bits per heavy atom. The highest BCUT2D eigenvalue weighted by Crippen LogP contribution is 2.26. The first-order chi connectivity index (χ1) is 16.7. The maximum Gasteiger partial charge on any atom is 0.251 e. The zero-order valence-corrected chi connectivity index (χ0v) is 19.5. The first kappa shape index (κ1) is 23.2. The predicted octanol–water partition coefficient (Wildman–Crippen LogP) is 4.50. The number of hydrogen-bond acceptors (Lipinski definition) is 5. The van der Waals surface area contributed by atoms with E-state index < -0.39 is 0 Å². The fourth-order valence-electron chi connectivity index (χ4n) is 3.84. The molecule has 0 bridgehead atoms. The van der Waals surface area contributed by atoms with E-state index in [2.05, 4.69) is 16.0 Å². The molecule has 4 aromatic rings. The highest BCUT2D eigenvalue weighted by Gasteiger charge is 2.12. The van der Waals surface area contributed by atoms with Crippen molar-refractivity contribution in [1.29, 1.82) is 0 Å². The van der Waals surface area contributed by atoms with E-state index in [-0.39, 0.29) is 5.91 Å². The summed E-state index contributed by atoms with van der Waals surface area (Å²) >= 11 is 0. The fourth-order valence-corrected chi connectivity index (χ4v) is 3.84. The topological polar surface area (TPSA) is 74.6 Å². The first-order valence-electron chi connectivity index (χ1n) is 11.3. The molecule has 0 aliphatic heterocycles. The summed E-state index contributed by atoms with van der Waals surface area (Å²) in [4.78, 5) is 17.2. The Morgan fingerprint density at radius 3 is 2.41 bits per heavy atom. The standard InChI is InChI=1S/C27H29N3O4/c1-32-21-15-13-20(14-16-21)27(31)28-17-7-12-26-29-22-8-3-4-9-23(22)30(26)18-19-34-25-11-6-5-10-24(25)33-2/h3-6,8-11,13-16H,7,12,17-19H2,1-2H3,(H,28,31). The summed E-state index contributed by atoms with van der Waals surface area (Å²) < 4.78 is 18.7. The van der Waals surface area contributed by atoms with Crippen LogP contribution in [0.4, 0.5) is 0 Å². The van der Waals surface area contributed by atoms with E-state index >= 15 is 0 Å². The van der Waals surface area contributed by atoms with E-state index in [1.54, 1.807) is 38.5 Å². The maximum absolute atomic E-state index is 12.4. The molecule has 0 aliphatic rings. The van der Waals surface area contributed by atoms with Crippen LogP contribution in [0.1, 0.15) is 22.6 Å². The van der Waals surface area contributed by atoms with E-state index in [1.807, 2.05) is 42.5 Å². The van der Waals surface area contributed by atoms with Gasteiger partial charge in [-0.05, 0) is 55.0 Å². The summed E-state index contributed by atoms with van der Waals surface area (Å²) in [5.41, 5.74) is 2.64. The Kier molecular flexibility index (Phi) is 7.65. The van der Waals surface area contributed by atoms with E-state index in [9.17, 15) is 4.79 Å². The average molecular weight is 460 g/mol. The van der Waals surface area contributed by atoms with E-state index in [4.69, 9.17) is 19.2 Å². The number of benzene rings is 3. The van der Waals surface area contributed by atoms with Crippen LogP contribution in [0.15, 0.2) is 72.8 Å². The van der Waals surface area contributed by atoms with Gasteiger partial charge in [0.1, 0.15) is 18.2 Å². The molecule has 0 saturated carbocycles. The number of aromatic nitrogens is 2. The molecule has 0 saturated heterocycles. The predicted molar refractivity (Wildman–Crippen MR) is 132 cm³/mol. The van der Waals surface area contributed by atoms with Crippen LogP contribution in [0.25, 0.3) is 11.0 Å². The molecule has 34 heavy (non-hydrogen) atoms. The molecule has 7 nitrogen and oxygen atoms in total. The Labute approximate surface area is 199 Å². The van der Waals surface area contributed by atoms with E-state index in [0.29, 0.717) is 31.0 Å². The quantitative estimate of drug-likeness (QED) is 0.335. The molecule has 0 unspecified atom stereocenters. The summed E-state index contributed by atoms with van der Waals surface area (Å²) in [6.07, 6.45) is 1.52. The highest BCUT2D eigenvalue weighted by molar-refractivity contribution is 5.94. The zero-order valence-electron chi connectivity index (χ0n) is 19.5. The van der Waals surface area contributed by atoms with Crippen LogP contribution in [0.3, 0.4) is 0 Å². The second kappa shape index (κ2) is 11.2. The van der Waals surface area contributed by atoms with Gasteiger partial charge in [0.05, 0.1) is 31.8 Å². The molecule has 1 N–H and O–H groups in total. The molecule has 0 spiro atoms. The van der Waals surface area contributed by atoms with Crippen molar-refractivity contribution in [1.82, 2.24) is 14.9 Å². The van der Waals surface area contributed by atoms with Crippen molar-refractivity contribution in [3.05, 3.63) is 84.2 Å². The smallest absolute Gasteiger partial charge is 0.251 e. The zero-order chi connectivity index (χ0) is 23.8. The number of nitrogens with zero attached hydrogens (tertiary/aromatic N) is 2. The lowest BCUT2D eigenvalue weighted by Crippen LogP contribution is -2.25. The summed E-state index contributed by atoms with van der Waals surface area (Å²) in [5.74, 6) is 3.04. The summed E-state index contributed by atoms with van der Waals surface area (Å²) in [5, 5.41) is 2.98. The number of hydrogen-bond donors (Lipinski definition) is 1. The second-order valence-electron chi connectivity index (χ2n) is 7.76. The number of ether oxygens (including phenoxy) is 3. The van der Waals surface area contributed by atoms with Crippen molar-refractivity contribution >= 4 is 16.9 Å². The van der Waals surface area contributed by atoms with Gasteiger partial charge in [-0.15, -0.1) is 0 Å². The SMILES string of the molecule is COc1ccc(C(=O)NCCCc2nc3ccccc3n2CCOc2ccccc2OC)cc1. The van der Waals surface area contributed by atoms with Crippen LogP contribution >= 0.6 is 0 Å². The third-order valence-electron chi connectivity index (χ3n) is 5.59. The Balaban J connectivity index is 1.36. The molecule has 0 atom stereocenters. The Morgan fingerprint density at radius 1 is 0.912 bits per heavy atom. The molecule has 0 radical (unpaired) electrons. The van der Waals surface area contributed by atoms with Gasteiger partial charge in [-0.3, -0.25) is 4.79 Å². The largest absolute Gasteiger partial charge is 0.497 e. The van der Waals surface area contributed by atoms with Crippen molar-refractivity contribution < 1.29 is 19.0 Å². The lowest BCUT2D eigenvalue weighted by molar-refractivity contribution is 0.0953. The third kappa shape index (κ3) is 5.49. The molecule has 1 heterocycles. The molecule has 1 amide bonds. The van der Waals surface area contributed by atoms with Crippen LogP contribution < -0.4 is 19.5 Å². The van der Waals surface area contributed by atoms with Gasteiger partial charge < -0.3 is 24.1 Å². The number of carbonyl (C=O) groups is 1. The molecule has 176 valence electrons. The lowest BCUT2D eigenvalue weighted by Gasteiger charge is -2.13. The minimum atomic E-state index is -0.0960. The summed E-state index contributed by atoms with van der Waals surface area (Å²) in [6, 6.07) is 22.8. The Hall–Kier alpha value is -4.00. The van der Waals surface area contributed by atoms with E-state index in [0.717, 1.165) is 41.2 Å². The van der Waals surface area contributed by atoms with Crippen LogP contribution in [-0.4, -0.2) is 42.8 Å². The maximum atomic E-state index is 12.4. The van der Waals surface area contributed by atoms with Crippen molar-refractivity contribution in [2.24, 2.45) is 0 Å². The second-order valence-corrected chi connectivity index (χ2v) is 7.76. The van der Waals surface area contributed by atoms with Gasteiger partial charge in [-0.25, -0.2) is 4.98 Å². The van der Waals surface area contributed by atoms with Crippen LogP contribution in [-0.2, 0) is 13.0 Å². The molecule has 0 aliphatic carbocycles. The number of methoxy groups -OCH3 is 2. The fraction of sp³-hybridized carbons (Fsp3) is 0.259. The van der Waals surface area contributed by atoms with Gasteiger partial charge in [-0.1, -0.05) is 24.3 Å². The number of para-hydroxylation sites is 4. The average Bonchev–Trinajstić information content (AvgIpc) is 3.24. The number of carbonyl (C=O) groups excluding carboxylic acids is 1. The number of amides is 1. The number of rotatable bonds is 11. The van der Waals surface area contributed by atoms with Gasteiger partial charge in [0.15, 0.2) is 11.5 Å². The number of imidazole rings is 1. The first-order valence-corrected chi connectivity index (χ1v) is 11.3. The van der Waals surface area contributed by atoms with Crippen molar-refractivity contribution in [3.63, 3.8) is 0 Å². The van der Waals surface area contributed by atoms with Gasteiger partial charge in [-0.2, -0.15) is 0 Å². The van der Waals surface area contributed by atoms with Crippen molar-refractivity contribution in [3.8, 4) is 17.2 Å². The summed E-state index contributed by atoms with van der Waals surface area (Å²) in [7, 11) is 3.24. The van der Waals surface area contributed by atoms with Gasteiger partial charge >= 0.3 is 0 Å². The highest BCUT2D eigenvalue weighted by atomic mass is 16.5. The van der Waals surface area contributed by atoms with Crippen molar-refractivity contribution in [2.75, 3.05) is 27.4 Å². The van der Waals surface area contributed by atoms with Gasteiger partial charge in [0, 0.05) is 18.5 Å². The molecule has 3 aromatic carbocycles. The molecule has 1 aromatic heterocycles. The lowest BCUT2D eigenvalue weighted by atomic mass is 10.2. The van der Waals surface area contributed by atoms with Gasteiger partial charge in [0.2, 0.25) is 0 Å². The van der Waals surface area contributed by atoms with Gasteiger partial charge in [0.25, 0.3) is 5.91 Å². The molecular weight excluding hydrogens is 430 g/mol. The van der Waals surface area contributed by atoms with E-state index in [1.165, 1.54) is 0 Å². The third-order valence-corrected chi connectivity index (χ3v) is 5.59. The van der Waals surface area contributed by atoms with Crippen LogP contribution in [0.5, 0.6) is 17.2 Å². The normalized spacial score (nSPS) is 10.8. The minimum absolute atomic E-state index is 0.0960.